The summed E-state index contributed by atoms with van der Waals surface area (Å²) in [4.78, 5) is 16.0. The number of hydrogen-bond acceptors (Lipinski definition) is 4. The Labute approximate surface area is 160 Å². The Morgan fingerprint density at radius 2 is 1.65 bits per heavy atom. The van der Waals surface area contributed by atoms with Gasteiger partial charge in [-0.1, -0.05) is 29.3 Å². The number of carbonyl (C=O) groups is 1. The number of aromatic nitrogens is 1. The molecule has 0 spiro atoms. The van der Waals surface area contributed by atoms with Crippen LogP contribution in [0.25, 0.3) is 0 Å². The van der Waals surface area contributed by atoms with E-state index >= 15 is 0 Å². The first-order chi connectivity index (χ1) is 12.6. The maximum atomic E-state index is 12.1. The Morgan fingerprint density at radius 3 is 2.38 bits per heavy atom. The van der Waals surface area contributed by atoms with Gasteiger partial charge in [-0.15, -0.1) is 0 Å². The molecule has 0 aliphatic rings. The van der Waals surface area contributed by atoms with E-state index in [0.717, 1.165) is 5.69 Å². The van der Waals surface area contributed by atoms with Crippen molar-refractivity contribution in [1.29, 1.82) is 0 Å². The summed E-state index contributed by atoms with van der Waals surface area (Å²) in [5.41, 5.74) is 1.27. The molecule has 0 atom stereocenters. The third kappa shape index (κ3) is 4.88. The molecule has 1 amide bonds. The predicted octanol–water partition coefficient (Wildman–Crippen LogP) is 5.23. The van der Waals surface area contributed by atoms with E-state index in [4.69, 9.17) is 27.9 Å². The fourth-order valence-electron chi connectivity index (χ4n) is 2.16. The number of anilines is 2. The lowest BCUT2D eigenvalue weighted by atomic mass is 10.3. The second-order valence-corrected chi connectivity index (χ2v) is 6.10. The Balaban J connectivity index is 1.53. The van der Waals surface area contributed by atoms with Crippen molar-refractivity contribution in [2.24, 2.45) is 0 Å². The van der Waals surface area contributed by atoms with Crippen LogP contribution in [-0.4, -0.2) is 17.4 Å². The Bertz CT molecular complexity index is 887. The Morgan fingerprint density at radius 1 is 0.962 bits per heavy atom. The van der Waals surface area contributed by atoms with Crippen molar-refractivity contribution in [2.45, 2.75) is 0 Å². The number of amides is 1. The minimum atomic E-state index is -0.230. The number of pyridine rings is 1. The highest BCUT2D eigenvalue weighted by molar-refractivity contribution is 6.44. The van der Waals surface area contributed by atoms with Gasteiger partial charge in [0.2, 0.25) is 5.91 Å². The molecule has 3 rings (SSSR count). The molecule has 7 heteroatoms. The summed E-state index contributed by atoms with van der Waals surface area (Å²) in [7, 11) is 0. The van der Waals surface area contributed by atoms with Crippen LogP contribution >= 0.6 is 23.2 Å². The zero-order valence-corrected chi connectivity index (χ0v) is 15.1. The van der Waals surface area contributed by atoms with Gasteiger partial charge in [0.1, 0.15) is 11.5 Å². The molecule has 0 saturated carbocycles. The number of halogens is 2. The molecule has 0 aliphatic heterocycles. The third-order valence-electron chi connectivity index (χ3n) is 3.42. The predicted molar refractivity (Wildman–Crippen MR) is 104 cm³/mol. The summed E-state index contributed by atoms with van der Waals surface area (Å²) in [6, 6.07) is 15.9. The first-order valence-corrected chi connectivity index (χ1v) is 8.53. The highest BCUT2D eigenvalue weighted by Gasteiger charge is 2.08. The molecule has 3 aromatic rings. The molecule has 1 heterocycles. The van der Waals surface area contributed by atoms with Crippen LogP contribution in [0.1, 0.15) is 0 Å². The van der Waals surface area contributed by atoms with E-state index in [1.807, 2.05) is 24.3 Å². The number of carbonyl (C=O) groups excluding carboxylic acids is 1. The summed E-state index contributed by atoms with van der Waals surface area (Å²) in [5, 5.41) is 6.46. The van der Waals surface area contributed by atoms with Crippen molar-refractivity contribution in [3.05, 3.63) is 77.0 Å². The van der Waals surface area contributed by atoms with Crippen molar-refractivity contribution in [3.63, 3.8) is 0 Å². The SMILES string of the molecule is O=C(CNc1ccc(Oc2ccncc2)cc1)Nc1cccc(Cl)c1Cl. The summed E-state index contributed by atoms with van der Waals surface area (Å²) in [5.74, 6) is 1.17. The maximum absolute atomic E-state index is 12.1. The number of ether oxygens (including phenoxy) is 1. The second-order valence-electron chi connectivity index (χ2n) is 5.31. The van der Waals surface area contributed by atoms with Crippen LogP contribution in [0.5, 0.6) is 11.5 Å². The fraction of sp³-hybridized carbons (Fsp3) is 0.0526. The number of nitrogens with zero attached hydrogens (tertiary/aromatic N) is 1. The summed E-state index contributed by atoms with van der Waals surface area (Å²) < 4.78 is 5.69. The van der Waals surface area contributed by atoms with Gasteiger partial charge in [0, 0.05) is 18.1 Å². The van der Waals surface area contributed by atoms with Gasteiger partial charge in [0.25, 0.3) is 0 Å². The summed E-state index contributed by atoms with van der Waals surface area (Å²) in [6.07, 6.45) is 3.33. The monoisotopic (exact) mass is 387 g/mol. The number of nitrogens with one attached hydrogen (secondary N) is 2. The molecule has 0 aliphatic carbocycles. The number of hydrogen-bond donors (Lipinski definition) is 2. The molecule has 0 saturated heterocycles. The molecule has 5 nitrogen and oxygen atoms in total. The van der Waals surface area contributed by atoms with Gasteiger partial charge in [0.05, 0.1) is 22.3 Å². The van der Waals surface area contributed by atoms with E-state index in [9.17, 15) is 4.79 Å². The molecule has 0 fully saturated rings. The highest BCUT2D eigenvalue weighted by Crippen LogP contribution is 2.29. The molecule has 26 heavy (non-hydrogen) atoms. The molecule has 1 aromatic heterocycles. The Hall–Kier alpha value is -2.76. The zero-order chi connectivity index (χ0) is 18.4. The van der Waals surface area contributed by atoms with Crippen LogP contribution in [0.15, 0.2) is 67.0 Å². The van der Waals surface area contributed by atoms with Crippen LogP contribution in [0, 0.1) is 0 Å². The second kappa shape index (κ2) is 8.56. The van der Waals surface area contributed by atoms with Crippen molar-refractivity contribution < 1.29 is 9.53 Å². The summed E-state index contributed by atoms with van der Waals surface area (Å²) in [6.45, 7) is 0.0907. The van der Waals surface area contributed by atoms with E-state index in [1.54, 1.807) is 42.7 Å². The van der Waals surface area contributed by atoms with Gasteiger partial charge in [-0.25, -0.2) is 0 Å². The minimum Gasteiger partial charge on any atom is -0.457 e. The first-order valence-electron chi connectivity index (χ1n) is 7.77. The molecule has 2 N–H and O–H groups in total. The number of benzene rings is 2. The van der Waals surface area contributed by atoms with Crippen molar-refractivity contribution in [3.8, 4) is 11.5 Å². The Kier molecular flexibility index (Phi) is 5.94. The van der Waals surface area contributed by atoms with Gasteiger partial charge in [-0.3, -0.25) is 9.78 Å². The van der Waals surface area contributed by atoms with Gasteiger partial charge in [0.15, 0.2) is 0 Å². The average Bonchev–Trinajstić information content (AvgIpc) is 2.66. The van der Waals surface area contributed by atoms with Crippen molar-refractivity contribution in [2.75, 3.05) is 17.2 Å². The van der Waals surface area contributed by atoms with Crippen LogP contribution in [0.4, 0.5) is 11.4 Å². The normalized spacial score (nSPS) is 10.2. The van der Waals surface area contributed by atoms with Crippen LogP contribution in [0.2, 0.25) is 10.0 Å². The van der Waals surface area contributed by atoms with Crippen LogP contribution in [0.3, 0.4) is 0 Å². The lowest BCUT2D eigenvalue weighted by molar-refractivity contribution is -0.114. The summed E-state index contributed by atoms with van der Waals surface area (Å²) >= 11 is 12.0. The number of rotatable bonds is 6. The van der Waals surface area contributed by atoms with Crippen molar-refractivity contribution in [1.82, 2.24) is 4.98 Å². The van der Waals surface area contributed by atoms with E-state index in [0.29, 0.717) is 27.2 Å². The van der Waals surface area contributed by atoms with Gasteiger partial charge in [-0.05, 0) is 48.5 Å². The van der Waals surface area contributed by atoms with Crippen LogP contribution in [-0.2, 0) is 4.79 Å². The standard InChI is InChI=1S/C19H15Cl2N3O2/c20-16-2-1-3-17(19(16)21)24-18(25)12-23-13-4-6-14(7-5-13)26-15-8-10-22-11-9-15/h1-11,23H,12H2,(H,24,25). The molecule has 0 unspecified atom stereocenters. The van der Waals surface area contributed by atoms with E-state index in [-0.39, 0.29) is 12.5 Å². The third-order valence-corrected chi connectivity index (χ3v) is 4.24. The first kappa shape index (κ1) is 18.0. The molecule has 0 bridgehead atoms. The van der Waals surface area contributed by atoms with Gasteiger partial charge >= 0.3 is 0 Å². The van der Waals surface area contributed by atoms with E-state index in [2.05, 4.69) is 15.6 Å². The highest BCUT2D eigenvalue weighted by atomic mass is 35.5. The van der Waals surface area contributed by atoms with E-state index < -0.39 is 0 Å². The minimum absolute atomic E-state index is 0.0907. The topological polar surface area (TPSA) is 63.2 Å². The van der Waals surface area contributed by atoms with Crippen LogP contribution < -0.4 is 15.4 Å². The van der Waals surface area contributed by atoms with E-state index in [1.165, 1.54) is 0 Å². The molecule has 2 aromatic carbocycles. The van der Waals surface area contributed by atoms with Gasteiger partial charge < -0.3 is 15.4 Å². The lowest BCUT2D eigenvalue weighted by Crippen LogP contribution is -2.21. The van der Waals surface area contributed by atoms with Gasteiger partial charge in [-0.2, -0.15) is 0 Å². The fourth-order valence-corrected chi connectivity index (χ4v) is 2.51. The molecular weight excluding hydrogens is 373 g/mol. The quantitative estimate of drug-likeness (QED) is 0.607. The van der Waals surface area contributed by atoms with Crippen molar-refractivity contribution >= 4 is 40.5 Å². The smallest absolute Gasteiger partial charge is 0.243 e. The molecule has 132 valence electrons. The maximum Gasteiger partial charge on any atom is 0.243 e. The largest absolute Gasteiger partial charge is 0.457 e. The lowest BCUT2D eigenvalue weighted by Gasteiger charge is -2.10. The molecule has 0 radical (unpaired) electrons. The zero-order valence-electron chi connectivity index (χ0n) is 13.6. The average molecular weight is 388 g/mol. The molecular formula is C19H15Cl2N3O2.